The van der Waals surface area contributed by atoms with Crippen LogP contribution in [-0.4, -0.2) is 47.6 Å². The van der Waals surface area contributed by atoms with Gasteiger partial charge >= 0.3 is 17.9 Å². The van der Waals surface area contributed by atoms with Gasteiger partial charge in [-0.2, -0.15) is 0 Å². The molecule has 14 nitrogen and oxygen atoms in total. The molecule has 0 saturated heterocycles. The van der Waals surface area contributed by atoms with E-state index in [1.54, 1.807) is 44.4 Å². The van der Waals surface area contributed by atoms with Crippen molar-refractivity contribution in [3.8, 4) is 0 Å². The highest BCUT2D eigenvalue weighted by molar-refractivity contribution is 9.11. The second kappa shape index (κ2) is 27.7. The van der Waals surface area contributed by atoms with Crippen molar-refractivity contribution in [3.05, 3.63) is 137 Å². The molecule has 0 bridgehead atoms. The lowest BCUT2D eigenvalue weighted by Crippen LogP contribution is -2.10. The van der Waals surface area contributed by atoms with E-state index < -0.39 is 17.9 Å². The molecule has 68 heavy (non-hydrogen) atoms. The van der Waals surface area contributed by atoms with E-state index >= 15 is 0 Å². The molecule has 6 heterocycles. The molecule has 6 aromatic rings. The SMILES string of the molecule is CC(C)(C)c1cc(CO)oc1Br.CC(C)(C)c1coc(C=O)c1.CCOC(=O)c1cc(C(C)(C)C)c(Br)o1.CCOC(=O)c1ccc(Br)o1.Cc1cc(C(C)(C)C)co1.O=C(O)c1ccc(Br)o1. The Kier molecular flexibility index (Phi) is 25.1. The fourth-order valence-electron chi connectivity index (χ4n) is 4.89. The van der Waals surface area contributed by atoms with Crippen LogP contribution in [0.2, 0.25) is 0 Å². The summed E-state index contributed by atoms with van der Waals surface area (Å²) in [5.74, 6) is 0.494. The van der Waals surface area contributed by atoms with Gasteiger partial charge in [-0.05, 0) is 166 Å². The van der Waals surface area contributed by atoms with Gasteiger partial charge < -0.3 is 46.2 Å². The second-order valence-electron chi connectivity index (χ2n) is 18.6. The molecule has 18 heteroatoms. The topological polar surface area (TPSA) is 206 Å². The highest BCUT2D eigenvalue weighted by Crippen LogP contribution is 2.34. The average Bonchev–Trinajstić information content (AvgIpc) is 4.08. The van der Waals surface area contributed by atoms with Crippen molar-refractivity contribution in [2.24, 2.45) is 0 Å². The molecule has 2 N–H and O–H groups in total. The number of carboxylic acid groups (broad SMARTS) is 1. The number of aryl methyl sites for hydroxylation is 1. The number of carboxylic acids is 1. The number of furan rings is 6. The van der Waals surface area contributed by atoms with Crippen LogP contribution in [0.15, 0.2) is 106 Å². The molecule has 0 aliphatic heterocycles. The highest BCUT2D eigenvalue weighted by Gasteiger charge is 2.25. The first kappa shape index (κ1) is 61.7. The van der Waals surface area contributed by atoms with Gasteiger partial charge in [0.25, 0.3) is 0 Å². The lowest BCUT2D eigenvalue weighted by molar-refractivity contribution is 0.0480. The summed E-state index contributed by atoms with van der Waals surface area (Å²) >= 11 is 12.7. The van der Waals surface area contributed by atoms with Crippen LogP contribution in [0.1, 0.15) is 173 Å². The molecule has 6 aromatic heterocycles. The third kappa shape index (κ3) is 21.9. The zero-order chi connectivity index (χ0) is 52.4. The summed E-state index contributed by atoms with van der Waals surface area (Å²) in [5, 5.41) is 17.1. The molecule has 0 fully saturated rings. The first-order valence-corrected chi connectivity index (χ1v) is 24.3. The summed E-state index contributed by atoms with van der Waals surface area (Å²) in [6, 6.07) is 13.6. The van der Waals surface area contributed by atoms with Gasteiger partial charge in [0, 0.05) is 11.1 Å². The molecule has 376 valence electrons. The minimum atomic E-state index is -1.05. The van der Waals surface area contributed by atoms with Crippen LogP contribution >= 0.6 is 63.7 Å². The maximum absolute atomic E-state index is 11.4. The average molecular weight is 1210 g/mol. The normalized spacial score (nSPS) is 11.1. The number of rotatable bonds is 7. The lowest BCUT2D eigenvalue weighted by atomic mass is 9.89. The smallest absolute Gasteiger partial charge is 0.374 e. The predicted molar refractivity (Wildman–Crippen MR) is 273 cm³/mol. The number of hydrogen-bond acceptors (Lipinski definition) is 13. The fraction of sp³-hybridized carbons (Fsp3) is 0.440. The summed E-state index contributed by atoms with van der Waals surface area (Å²) in [7, 11) is 0. The first-order valence-electron chi connectivity index (χ1n) is 21.2. The van der Waals surface area contributed by atoms with Gasteiger partial charge in [-0.25, -0.2) is 14.4 Å². The fourth-order valence-corrected chi connectivity index (χ4v) is 7.30. The molecular formula is C50H64Br4O14. The minimum Gasteiger partial charge on any atom is -0.475 e. The van der Waals surface area contributed by atoms with E-state index in [0.29, 0.717) is 38.7 Å². The van der Waals surface area contributed by atoms with Gasteiger partial charge in [0.05, 0.1) is 25.7 Å². The summed E-state index contributed by atoms with van der Waals surface area (Å²) in [4.78, 5) is 42.7. The van der Waals surface area contributed by atoms with Crippen LogP contribution in [0.5, 0.6) is 0 Å². The molecule has 0 saturated carbocycles. The molecular weight excluding hydrogens is 1140 g/mol. The number of esters is 2. The minimum absolute atomic E-state index is 0.0469. The largest absolute Gasteiger partial charge is 0.475 e. The number of aromatic carboxylic acids is 1. The quantitative estimate of drug-likeness (QED) is 0.113. The maximum Gasteiger partial charge on any atom is 0.374 e. The number of aldehydes is 1. The van der Waals surface area contributed by atoms with Gasteiger partial charge in [0.15, 0.2) is 30.7 Å². The van der Waals surface area contributed by atoms with E-state index in [1.807, 2.05) is 19.3 Å². The van der Waals surface area contributed by atoms with Crippen molar-refractivity contribution < 1.29 is 65.4 Å². The molecule has 6 rings (SSSR count). The Morgan fingerprint density at radius 2 is 1.03 bits per heavy atom. The number of halogens is 4. The zero-order valence-corrected chi connectivity index (χ0v) is 47.6. The van der Waals surface area contributed by atoms with Crippen molar-refractivity contribution >= 4 is 87.9 Å². The molecule has 0 aliphatic carbocycles. The van der Waals surface area contributed by atoms with Crippen molar-refractivity contribution in [1.82, 2.24) is 0 Å². The Morgan fingerprint density at radius 3 is 1.31 bits per heavy atom. The molecule has 0 aromatic carbocycles. The predicted octanol–water partition coefficient (Wildman–Crippen LogP) is 15.6. The number of aliphatic hydroxyl groups excluding tert-OH is 1. The van der Waals surface area contributed by atoms with Crippen LogP contribution in [0.3, 0.4) is 0 Å². The van der Waals surface area contributed by atoms with Crippen LogP contribution in [0.4, 0.5) is 0 Å². The van der Waals surface area contributed by atoms with Crippen molar-refractivity contribution in [2.75, 3.05) is 13.2 Å². The molecule has 0 radical (unpaired) electrons. The number of carbonyl (C=O) groups excluding carboxylic acids is 3. The standard InChI is InChI=1S/C11H15BrO3.C9H13BrO2.C9H12O2.C9H14O.C7H7BrO3.C5H3BrO3/c1-5-14-10(13)8-6-7(9(12)15-8)11(2,3)4;1-9(2,3)7-4-6(5-11)12-8(7)10;1-9(2,3)7-4-8(5-10)11-6-7;1-7-5-8(6-10-7)9(2,3)4;1-2-10-7(9)5-3-4-6(8)11-5;6-4-2-1-3(9-4)5(7)8/h6H,5H2,1-4H3;4,11H,5H2,1-3H3;4-6H,1-3H3;5-6H,1-4H3;3-4H,2H2,1H3;1-2H,(H,7,8). The first-order chi connectivity index (χ1) is 31.3. The Morgan fingerprint density at radius 1 is 0.588 bits per heavy atom. The summed E-state index contributed by atoms with van der Waals surface area (Å²) < 4.78 is 42.1. The number of carbonyl (C=O) groups is 4. The van der Waals surface area contributed by atoms with Crippen LogP contribution in [0.25, 0.3) is 0 Å². The van der Waals surface area contributed by atoms with Crippen LogP contribution < -0.4 is 0 Å². The van der Waals surface area contributed by atoms with E-state index in [0.717, 1.165) is 33.4 Å². The van der Waals surface area contributed by atoms with Gasteiger partial charge in [-0.3, -0.25) is 4.79 Å². The lowest BCUT2D eigenvalue weighted by Gasteiger charge is -2.15. The van der Waals surface area contributed by atoms with Gasteiger partial charge in [-0.1, -0.05) is 83.1 Å². The highest BCUT2D eigenvalue weighted by atomic mass is 79.9. The van der Waals surface area contributed by atoms with E-state index in [4.69, 9.17) is 37.0 Å². The van der Waals surface area contributed by atoms with Crippen LogP contribution in [0, 0.1) is 6.92 Å². The third-order valence-electron chi connectivity index (χ3n) is 8.71. The van der Waals surface area contributed by atoms with E-state index in [-0.39, 0.29) is 45.5 Å². The zero-order valence-electron chi connectivity index (χ0n) is 41.3. The van der Waals surface area contributed by atoms with Gasteiger partial charge in [0.1, 0.15) is 18.1 Å². The summed E-state index contributed by atoms with van der Waals surface area (Å²) in [6.45, 7) is 31.4. The Hall–Kier alpha value is -4.36. The summed E-state index contributed by atoms with van der Waals surface area (Å²) in [6.07, 6.45) is 4.17. The summed E-state index contributed by atoms with van der Waals surface area (Å²) in [5.41, 5.74) is 4.65. The maximum atomic E-state index is 11.4. The third-order valence-corrected chi connectivity index (χ3v) is 10.7. The molecule has 0 spiro atoms. The van der Waals surface area contributed by atoms with Gasteiger partial charge in [-0.15, -0.1) is 0 Å². The second-order valence-corrected chi connectivity index (χ2v) is 21.6. The Balaban J connectivity index is 0.000000411. The van der Waals surface area contributed by atoms with Crippen molar-refractivity contribution in [2.45, 2.75) is 132 Å². The van der Waals surface area contributed by atoms with Crippen LogP contribution in [-0.2, 0) is 37.7 Å². The van der Waals surface area contributed by atoms with E-state index in [1.165, 1.54) is 17.7 Å². The monoisotopic (exact) mass is 1200 g/mol. The van der Waals surface area contributed by atoms with E-state index in [9.17, 15) is 19.2 Å². The Labute approximate surface area is 432 Å². The van der Waals surface area contributed by atoms with E-state index in [2.05, 4.69) is 162 Å². The Bertz CT molecular complexity index is 2460. The number of aliphatic hydroxyl groups is 1. The van der Waals surface area contributed by atoms with Gasteiger partial charge in [0.2, 0.25) is 17.3 Å². The molecule has 0 aliphatic rings. The van der Waals surface area contributed by atoms with Crippen molar-refractivity contribution in [1.29, 1.82) is 0 Å². The molecule has 0 unspecified atom stereocenters. The van der Waals surface area contributed by atoms with Crippen molar-refractivity contribution in [3.63, 3.8) is 0 Å². The number of ether oxygens (including phenoxy) is 2. The number of hydrogen-bond donors (Lipinski definition) is 2. The molecule has 0 amide bonds. The molecule has 0 atom stereocenters.